The Kier molecular flexibility index (Phi) is 2.27. The van der Waals surface area contributed by atoms with E-state index in [0.717, 1.165) is 6.92 Å². The van der Waals surface area contributed by atoms with Gasteiger partial charge in [-0.25, -0.2) is 4.79 Å². The Balaban J connectivity index is 3.28. The minimum atomic E-state index is -1.34. The van der Waals surface area contributed by atoms with Crippen LogP contribution in [0.2, 0.25) is 0 Å². The molecule has 0 aromatic carbocycles. The summed E-state index contributed by atoms with van der Waals surface area (Å²) in [6.07, 6.45) is 0. The predicted molar refractivity (Wildman–Crippen MR) is 39.0 cm³/mol. The maximum absolute atomic E-state index is 12.8. The number of esters is 1. The molecular weight excluding hydrogens is 183 g/mol. The average molecular weight is 188 g/mol. The molecular formula is C6H5FN2O4. The summed E-state index contributed by atoms with van der Waals surface area (Å²) in [5, 5.41) is 0. The van der Waals surface area contributed by atoms with Crippen LogP contribution in [0.5, 0.6) is 5.88 Å². The Hall–Kier alpha value is -1.92. The second kappa shape index (κ2) is 3.21. The first-order valence-corrected chi connectivity index (χ1v) is 3.21. The maximum atomic E-state index is 12.8. The summed E-state index contributed by atoms with van der Waals surface area (Å²) in [6.45, 7) is 1.01. The first-order chi connectivity index (χ1) is 6.00. The number of carbonyl (C=O) groups excluding carboxylic acids is 1. The van der Waals surface area contributed by atoms with Crippen LogP contribution in [0.15, 0.2) is 9.59 Å². The highest BCUT2D eigenvalue weighted by Crippen LogP contribution is 2.04. The quantitative estimate of drug-likeness (QED) is 0.560. The van der Waals surface area contributed by atoms with Gasteiger partial charge in [0.2, 0.25) is 11.7 Å². The summed E-state index contributed by atoms with van der Waals surface area (Å²) in [5.41, 5.74) is -2.18. The second-order valence-electron chi connectivity index (χ2n) is 2.14. The van der Waals surface area contributed by atoms with Crippen molar-refractivity contribution in [3.63, 3.8) is 0 Å². The monoisotopic (exact) mass is 188 g/mol. The van der Waals surface area contributed by atoms with Crippen molar-refractivity contribution in [3.8, 4) is 5.88 Å². The van der Waals surface area contributed by atoms with E-state index >= 15 is 0 Å². The minimum Gasteiger partial charge on any atom is -0.406 e. The van der Waals surface area contributed by atoms with Crippen LogP contribution in [0.1, 0.15) is 6.92 Å². The summed E-state index contributed by atoms with van der Waals surface area (Å²) < 4.78 is 17.0. The number of hydrogen-bond donors (Lipinski definition) is 2. The smallest absolute Gasteiger partial charge is 0.328 e. The normalized spacial score (nSPS) is 9.69. The first kappa shape index (κ1) is 9.17. The number of carbonyl (C=O) groups is 1. The molecule has 0 atom stereocenters. The molecule has 6 nitrogen and oxygen atoms in total. The molecule has 13 heavy (non-hydrogen) atoms. The fraction of sp³-hybridized carbons (Fsp3) is 0.167. The van der Waals surface area contributed by atoms with E-state index in [1.165, 1.54) is 0 Å². The first-order valence-electron chi connectivity index (χ1n) is 3.21. The Morgan fingerprint density at radius 3 is 2.54 bits per heavy atom. The molecule has 0 saturated heterocycles. The molecule has 0 aliphatic rings. The van der Waals surface area contributed by atoms with Gasteiger partial charge in [-0.05, 0) is 0 Å². The summed E-state index contributed by atoms with van der Waals surface area (Å²) in [6, 6.07) is 0. The zero-order valence-corrected chi connectivity index (χ0v) is 6.51. The van der Waals surface area contributed by atoms with E-state index in [0.29, 0.717) is 0 Å². The Bertz CT molecular complexity index is 447. The molecule has 0 unspecified atom stereocenters. The van der Waals surface area contributed by atoms with Crippen LogP contribution in [-0.4, -0.2) is 15.9 Å². The predicted octanol–water partition coefficient (Wildman–Crippen LogP) is -0.872. The molecule has 1 aromatic rings. The van der Waals surface area contributed by atoms with Gasteiger partial charge in [-0.1, -0.05) is 0 Å². The van der Waals surface area contributed by atoms with Crippen molar-refractivity contribution in [1.29, 1.82) is 0 Å². The average Bonchev–Trinajstić information content (AvgIpc) is 1.98. The summed E-state index contributed by atoms with van der Waals surface area (Å²) in [4.78, 5) is 35.0. The van der Waals surface area contributed by atoms with Gasteiger partial charge in [-0.2, -0.15) is 4.39 Å². The third-order valence-electron chi connectivity index (χ3n) is 1.10. The zero-order valence-electron chi connectivity index (χ0n) is 6.51. The molecule has 0 saturated carbocycles. The third kappa shape index (κ3) is 2.01. The molecule has 70 valence electrons. The molecule has 2 N–H and O–H groups in total. The van der Waals surface area contributed by atoms with E-state index in [1.54, 1.807) is 4.98 Å². The van der Waals surface area contributed by atoms with Gasteiger partial charge in [0.1, 0.15) is 0 Å². The second-order valence-corrected chi connectivity index (χ2v) is 2.14. The summed E-state index contributed by atoms with van der Waals surface area (Å²) in [5.74, 6) is -2.95. The molecule has 0 aliphatic carbocycles. The van der Waals surface area contributed by atoms with Crippen LogP contribution < -0.4 is 16.0 Å². The van der Waals surface area contributed by atoms with Crippen LogP contribution in [0.3, 0.4) is 0 Å². The van der Waals surface area contributed by atoms with Crippen LogP contribution in [0, 0.1) is 5.82 Å². The van der Waals surface area contributed by atoms with E-state index in [4.69, 9.17) is 0 Å². The van der Waals surface area contributed by atoms with Gasteiger partial charge in [0.05, 0.1) is 0 Å². The van der Waals surface area contributed by atoms with Crippen molar-refractivity contribution in [2.75, 3.05) is 0 Å². The molecule has 1 heterocycles. The van der Waals surface area contributed by atoms with Gasteiger partial charge in [0.15, 0.2) is 0 Å². The number of ether oxygens (including phenoxy) is 1. The Labute approximate surface area is 70.4 Å². The van der Waals surface area contributed by atoms with Crippen LogP contribution >= 0.6 is 0 Å². The molecule has 7 heteroatoms. The van der Waals surface area contributed by atoms with E-state index in [1.807, 2.05) is 4.98 Å². The third-order valence-corrected chi connectivity index (χ3v) is 1.10. The van der Waals surface area contributed by atoms with E-state index in [2.05, 4.69) is 4.74 Å². The van der Waals surface area contributed by atoms with Crippen molar-refractivity contribution < 1.29 is 13.9 Å². The van der Waals surface area contributed by atoms with Crippen molar-refractivity contribution in [2.45, 2.75) is 6.92 Å². The Morgan fingerprint density at radius 1 is 1.38 bits per heavy atom. The standard InChI is InChI=1S/C6H5FN2O4/c1-2(10)13-5-3(7)4(11)8-6(12)9-5/h1H3,(H2,8,9,11,12). The molecule has 0 bridgehead atoms. The molecule has 0 radical (unpaired) electrons. The van der Waals surface area contributed by atoms with Crippen LogP contribution in [0.4, 0.5) is 4.39 Å². The summed E-state index contributed by atoms with van der Waals surface area (Å²) >= 11 is 0. The number of aromatic nitrogens is 2. The van der Waals surface area contributed by atoms with Crippen LogP contribution in [-0.2, 0) is 4.79 Å². The van der Waals surface area contributed by atoms with Gasteiger partial charge < -0.3 is 4.74 Å². The number of nitrogens with one attached hydrogen (secondary N) is 2. The van der Waals surface area contributed by atoms with Crippen LogP contribution in [0.25, 0.3) is 0 Å². The number of aromatic amines is 2. The topological polar surface area (TPSA) is 92.0 Å². The molecule has 0 fully saturated rings. The number of halogens is 1. The van der Waals surface area contributed by atoms with Crippen molar-refractivity contribution in [3.05, 3.63) is 26.7 Å². The summed E-state index contributed by atoms with van der Waals surface area (Å²) in [7, 11) is 0. The lowest BCUT2D eigenvalue weighted by atomic mass is 10.6. The SMILES string of the molecule is CC(=O)Oc1[nH]c(=O)[nH]c(=O)c1F. The van der Waals surface area contributed by atoms with E-state index in [-0.39, 0.29) is 0 Å². The lowest BCUT2D eigenvalue weighted by Gasteiger charge is -1.99. The molecule has 0 amide bonds. The highest BCUT2D eigenvalue weighted by atomic mass is 19.1. The zero-order chi connectivity index (χ0) is 10.0. The number of hydrogen-bond acceptors (Lipinski definition) is 4. The number of rotatable bonds is 1. The van der Waals surface area contributed by atoms with Gasteiger partial charge in [0.25, 0.3) is 5.56 Å². The van der Waals surface area contributed by atoms with E-state index in [9.17, 15) is 18.8 Å². The Morgan fingerprint density at radius 2 is 2.00 bits per heavy atom. The fourth-order valence-electron chi connectivity index (χ4n) is 0.664. The molecule has 0 spiro atoms. The number of H-pyrrole nitrogens is 2. The van der Waals surface area contributed by atoms with Gasteiger partial charge in [-0.3, -0.25) is 19.6 Å². The van der Waals surface area contributed by atoms with Gasteiger partial charge in [-0.15, -0.1) is 0 Å². The molecule has 1 aromatic heterocycles. The largest absolute Gasteiger partial charge is 0.406 e. The maximum Gasteiger partial charge on any atom is 0.328 e. The lowest BCUT2D eigenvalue weighted by molar-refractivity contribution is -0.132. The molecule has 0 aliphatic heterocycles. The van der Waals surface area contributed by atoms with Gasteiger partial charge in [0, 0.05) is 6.92 Å². The molecule has 1 rings (SSSR count). The van der Waals surface area contributed by atoms with Crippen molar-refractivity contribution >= 4 is 5.97 Å². The highest BCUT2D eigenvalue weighted by molar-refractivity contribution is 5.68. The lowest BCUT2D eigenvalue weighted by Crippen LogP contribution is -2.26. The highest BCUT2D eigenvalue weighted by Gasteiger charge is 2.11. The van der Waals surface area contributed by atoms with E-state index < -0.39 is 28.9 Å². The van der Waals surface area contributed by atoms with Crippen molar-refractivity contribution in [1.82, 2.24) is 9.97 Å². The minimum absolute atomic E-state index is 0.777. The van der Waals surface area contributed by atoms with Gasteiger partial charge >= 0.3 is 11.7 Å². The van der Waals surface area contributed by atoms with Crippen molar-refractivity contribution in [2.24, 2.45) is 0 Å². The fourth-order valence-corrected chi connectivity index (χ4v) is 0.664.